The number of carbonyl (C=O) groups is 1. The molecule has 1 rings (SSSR count). The van der Waals surface area contributed by atoms with Crippen molar-refractivity contribution in [3.8, 4) is 0 Å². The average Bonchev–Trinajstić information content (AvgIpc) is 2.26. The Morgan fingerprint density at radius 1 is 1.12 bits per heavy atom. The summed E-state index contributed by atoms with van der Waals surface area (Å²) >= 11 is 0. The van der Waals surface area contributed by atoms with Gasteiger partial charge in [-0.1, -0.05) is 18.2 Å². The highest BCUT2D eigenvalue weighted by atomic mass is 32.2. The Hall–Kier alpha value is -1.36. The first-order valence-electron chi connectivity index (χ1n) is 5.08. The average molecular weight is 241 g/mol. The standard InChI is InChI=1S/C11H15NO3S/c12-11(13)8-4-5-9-16(14,15)10-6-2-1-3-7-10/h1-3,6-7H,4-5,8-9H2,(H2,12,13). The first-order chi connectivity index (χ1) is 7.52. The Bertz CT molecular complexity index is 440. The Morgan fingerprint density at radius 2 is 1.75 bits per heavy atom. The lowest BCUT2D eigenvalue weighted by Crippen LogP contribution is -2.11. The third-order valence-electron chi connectivity index (χ3n) is 2.19. The fraction of sp³-hybridized carbons (Fsp3) is 0.364. The largest absolute Gasteiger partial charge is 0.370 e. The second-order valence-electron chi connectivity index (χ2n) is 3.56. The zero-order valence-electron chi connectivity index (χ0n) is 8.93. The summed E-state index contributed by atoms with van der Waals surface area (Å²) in [4.78, 5) is 10.8. The Kier molecular flexibility index (Phi) is 4.49. The maximum absolute atomic E-state index is 11.8. The molecule has 88 valence electrons. The highest BCUT2D eigenvalue weighted by molar-refractivity contribution is 7.91. The number of hydrogen-bond donors (Lipinski definition) is 1. The fourth-order valence-electron chi connectivity index (χ4n) is 1.34. The van der Waals surface area contributed by atoms with E-state index in [-0.39, 0.29) is 12.2 Å². The Morgan fingerprint density at radius 3 is 2.31 bits per heavy atom. The molecule has 0 radical (unpaired) electrons. The number of carbonyl (C=O) groups excluding carboxylic acids is 1. The molecule has 5 heteroatoms. The van der Waals surface area contributed by atoms with Crippen molar-refractivity contribution in [2.45, 2.75) is 24.2 Å². The van der Waals surface area contributed by atoms with Crippen LogP contribution in [0.2, 0.25) is 0 Å². The van der Waals surface area contributed by atoms with Crippen LogP contribution in [-0.4, -0.2) is 20.1 Å². The minimum Gasteiger partial charge on any atom is -0.370 e. The van der Waals surface area contributed by atoms with Crippen molar-refractivity contribution in [2.75, 3.05) is 5.75 Å². The molecule has 4 nitrogen and oxygen atoms in total. The van der Waals surface area contributed by atoms with Gasteiger partial charge < -0.3 is 5.73 Å². The molecule has 16 heavy (non-hydrogen) atoms. The second-order valence-corrected chi connectivity index (χ2v) is 5.66. The van der Waals surface area contributed by atoms with E-state index in [1.165, 1.54) is 0 Å². The van der Waals surface area contributed by atoms with Crippen molar-refractivity contribution in [3.63, 3.8) is 0 Å². The van der Waals surface area contributed by atoms with E-state index in [9.17, 15) is 13.2 Å². The molecule has 0 heterocycles. The molecular weight excluding hydrogens is 226 g/mol. The van der Waals surface area contributed by atoms with Gasteiger partial charge >= 0.3 is 0 Å². The van der Waals surface area contributed by atoms with Crippen molar-refractivity contribution in [1.82, 2.24) is 0 Å². The number of sulfone groups is 1. The van der Waals surface area contributed by atoms with Crippen molar-refractivity contribution in [3.05, 3.63) is 30.3 Å². The molecule has 0 aliphatic carbocycles. The summed E-state index contributed by atoms with van der Waals surface area (Å²) in [5, 5.41) is 0. The van der Waals surface area contributed by atoms with Gasteiger partial charge in [0.1, 0.15) is 0 Å². The lowest BCUT2D eigenvalue weighted by atomic mass is 10.2. The van der Waals surface area contributed by atoms with Gasteiger partial charge in [0.15, 0.2) is 9.84 Å². The highest BCUT2D eigenvalue weighted by Gasteiger charge is 2.12. The van der Waals surface area contributed by atoms with Gasteiger partial charge in [0.25, 0.3) is 0 Å². The van der Waals surface area contributed by atoms with E-state index in [0.717, 1.165) is 0 Å². The topological polar surface area (TPSA) is 77.2 Å². The molecule has 1 aromatic rings. The smallest absolute Gasteiger partial charge is 0.217 e. The fourth-order valence-corrected chi connectivity index (χ4v) is 2.73. The summed E-state index contributed by atoms with van der Waals surface area (Å²) in [7, 11) is -3.21. The number of hydrogen-bond acceptors (Lipinski definition) is 3. The van der Waals surface area contributed by atoms with E-state index >= 15 is 0 Å². The van der Waals surface area contributed by atoms with Crippen LogP contribution < -0.4 is 5.73 Å². The number of rotatable bonds is 6. The van der Waals surface area contributed by atoms with Crippen LogP contribution in [-0.2, 0) is 14.6 Å². The predicted molar refractivity (Wildman–Crippen MR) is 61.5 cm³/mol. The molecule has 0 aliphatic rings. The third-order valence-corrected chi connectivity index (χ3v) is 4.01. The number of primary amides is 1. The number of benzene rings is 1. The molecule has 0 saturated carbocycles. The van der Waals surface area contributed by atoms with E-state index in [1.807, 2.05) is 0 Å². The molecule has 0 spiro atoms. The normalized spacial score (nSPS) is 11.2. The van der Waals surface area contributed by atoms with Gasteiger partial charge in [0.2, 0.25) is 5.91 Å². The van der Waals surface area contributed by atoms with Gasteiger partial charge in [0, 0.05) is 6.42 Å². The summed E-state index contributed by atoms with van der Waals surface area (Å²) < 4.78 is 23.5. The quantitative estimate of drug-likeness (QED) is 0.758. The maximum atomic E-state index is 11.8. The van der Waals surface area contributed by atoms with Gasteiger partial charge in [0.05, 0.1) is 10.6 Å². The summed E-state index contributed by atoms with van der Waals surface area (Å²) in [5.74, 6) is -0.332. The van der Waals surface area contributed by atoms with Crippen molar-refractivity contribution in [1.29, 1.82) is 0 Å². The van der Waals surface area contributed by atoms with Gasteiger partial charge in [-0.15, -0.1) is 0 Å². The monoisotopic (exact) mass is 241 g/mol. The van der Waals surface area contributed by atoms with Crippen LogP contribution in [0, 0.1) is 0 Å². The molecule has 0 saturated heterocycles. The van der Waals surface area contributed by atoms with Crippen LogP contribution in [0.25, 0.3) is 0 Å². The zero-order valence-corrected chi connectivity index (χ0v) is 9.74. The van der Waals surface area contributed by atoms with Crippen LogP contribution >= 0.6 is 0 Å². The van der Waals surface area contributed by atoms with E-state index in [1.54, 1.807) is 30.3 Å². The van der Waals surface area contributed by atoms with E-state index < -0.39 is 15.7 Å². The predicted octanol–water partition coefficient (Wildman–Crippen LogP) is 1.12. The lowest BCUT2D eigenvalue weighted by Gasteiger charge is -2.03. The highest BCUT2D eigenvalue weighted by Crippen LogP contribution is 2.12. The number of unbranched alkanes of at least 4 members (excludes halogenated alkanes) is 1. The van der Waals surface area contributed by atoms with Crippen molar-refractivity contribution >= 4 is 15.7 Å². The Labute approximate surface area is 95.4 Å². The molecule has 0 aliphatic heterocycles. The van der Waals surface area contributed by atoms with Gasteiger partial charge in [-0.25, -0.2) is 8.42 Å². The van der Waals surface area contributed by atoms with Gasteiger partial charge in [-0.2, -0.15) is 0 Å². The van der Waals surface area contributed by atoms with Crippen LogP contribution in [0.5, 0.6) is 0 Å². The van der Waals surface area contributed by atoms with Crippen molar-refractivity contribution < 1.29 is 13.2 Å². The molecule has 0 bridgehead atoms. The van der Waals surface area contributed by atoms with E-state index in [2.05, 4.69) is 0 Å². The zero-order chi connectivity index (χ0) is 12.0. The van der Waals surface area contributed by atoms with E-state index in [0.29, 0.717) is 17.7 Å². The maximum Gasteiger partial charge on any atom is 0.217 e. The lowest BCUT2D eigenvalue weighted by molar-refractivity contribution is -0.118. The summed E-state index contributed by atoms with van der Waals surface area (Å²) in [6.07, 6.45) is 1.21. The first-order valence-corrected chi connectivity index (χ1v) is 6.74. The third kappa shape index (κ3) is 4.02. The second kappa shape index (κ2) is 5.65. The van der Waals surface area contributed by atoms with E-state index in [4.69, 9.17) is 5.73 Å². The number of amides is 1. The van der Waals surface area contributed by atoms with Crippen molar-refractivity contribution in [2.24, 2.45) is 5.73 Å². The summed E-state index contributed by atoms with van der Waals surface area (Å²) in [6, 6.07) is 8.30. The van der Waals surface area contributed by atoms with Crippen LogP contribution in [0.3, 0.4) is 0 Å². The first kappa shape index (κ1) is 12.7. The Balaban J connectivity index is 2.51. The van der Waals surface area contributed by atoms with Crippen LogP contribution in [0.15, 0.2) is 35.2 Å². The molecule has 0 atom stereocenters. The minimum atomic E-state index is -3.21. The van der Waals surface area contributed by atoms with Gasteiger partial charge in [-0.3, -0.25) is 4.79 Å². The van der Waals surface area contributed by atoms with Gasteiger partial charge in [-0.05, 0) is 25.0 Å². The molecular formula is C11H15NO3S. The molecule has 1 aromatic carbocycles. The van der Waals surface area contributed by atoms with Crippen LogP contribution in [0.1, 0.15) is 19.3 Å². The van der Waals surface area contributed by atoms with Crippen LogP contribution in [0.4, 0.5) is 0 Å². The molecule has 0 unspecified atom stereocenters. The minimum absolute atomic E-state index is 0.0598. The summed E-state index contributed by atoms with van der Waals surface area (Å²) in [6.45, 7) is 0. The molecule has 1 amide bonds. The molecule has 0 fully saturated rings. The number of nitrogens with two attached hydrogens (primary N) is 1. The molecule has 0 aromatic heterocycles. The summed E-state index contributed by atoms with van der Waals surface area (Å²) in [5.41, 5.74) is 4.97. The molecule has 2 N–H and O–H groups in total. The SMILES string of the molecule is NC(=O)CCCCS(=O)(=O)c1ccccc1.